The van der Waals surface area contributed by atoms with Crippen molar-refractivity contribution in [2.24, 2.45) is 0 Å². The summed E-state index contributed by atoms with van der Waals surface area (Å²) in [6, 6.07) is 9.57. The van der Waals surface area contributed by atoms with Gasteiger partial charge < -0.3 is 14.8 Å². The molecule has 1 fully saturated rings. The van der Waals surface area contributed by atoms with E-state index in [0.717, 1.165) is 29.5 Å². The minimum absolute atomic E-state index is 0.0763. The second-order valence-electron chi connectivity index (χ2n) is 8.90. The van der Waals surface area contributed by atoms with Crippen LogP contribution < -0.4 is 9.62 Å². The normalized spacial score (nSPS) is 13.9. The smallest absolute Gasteiger partial charge is 0.255 e. The van der Waals surface area contributed by atoms with Crippen molar-refractivity contribution in [3.05, 3.63) is 47.0 Å². The second kappa shape index (κ2) is 9.76. The zero-order valence-corrected chi connectivity index (χ0v) is 20.6. The Labute approximate surface area is 200 Å². The molecule has 1 aliphatic carbocycles. The lowest BCUT2D eigenvalue weighted by atomic mass is 10.0. The molecule has 1 amide bonds. The number of furan rings is 1. The second-order valence-corrected chi connectivity index (χ2v) is 10.8. The quantitative estimate of drug-likeness (QED) is 0.420. The Morgan fingerprint density at radius 2 is 1.91 bits per heavy atom. The molecule has 34 heavy (non-hydrogen) atoms. The molecular weight excluding hydrogens is 454 g/mol. The minimum atomic E-state index is -3.60. The zero-order valence-electron chi connectivity index (χ0n) is 19.8. The van der Waals surface area contributed by atoms with Gasteiger partial charge in [0.2, 0.25) is 15.7 Å². The summed E-state index contributed by atoms with van der Waals surface area (Å²) in [6.07, 6.45) is 5.00. The first-order chi connectivity index (χ1) is 16.2. The Balaban J connectivity index is 1.89. The number of carbonyl (C=O) groups is 1. The van der Waals surface area contributed by atoms with Crippen LogP contribution in [0.4, 0.5) is 5.82 Å². The van der Waals surface area contributed by atoms with Crippen LogP contribution in [0.2, 0.25) is 0 Å². The molecule has 0 unspecified atom stereocenters. The number of anilines is 1. The summed E-state index contributed by atoms with van der Waals surface area (Å²) in [4.78, 5) is 17.6. The monoisotopic (exact) mass is 485 g/mol. The van der Waals surface area contributed by atoms with Crippen LogP contribution in [-0.4, -0.2) is 50.9 Å². The molecular formula is C25H31N3O5S. The Morgan fingerprint density at radius 3 is 2.50 bits per heavy atom. The minimum Gasteiger partial charge on any atom is -0.437 e. The number of fused-ring (bicyclic) bond motifs is 1. The van der Waals surface area contributed by atoms with Crippen LogP contribution in [0.5, 0.6) is 0 Å². The Hall–Kier alpha value is -2.91. The highest BCUT2D eigenvalue weighted by molar-refractivity contribution is 7.92. The van der Waals surface area contributed by atoms with Gasteiger partial charge in [0.25, 0.3) is 5.91 Å². The van der Waals surface area contributed by atoms with Gasteiger partial charge in [0.1, 0.15) is 11.6 Å². The summed E-state index contributed by atoms with van der Waals surface area (Å²) in [6.45, 7) is 2.33. The third-order valence-electron chi connectivity index (χ3n) is 6.13. The molecule has 0 saturated heterocycles. The fourth-order valence-corrected chi connectivity index (χ4v) is 5.08. The maximum absolute atomic E-state index is 12.9. The van der Waals surface area contributed by atoms with Crippen LogP contribution in [0.25, 0.3) is 22.4 Å². The first kappa shape index (κ1) is 24.2. The molecule has 3 aromatic rings. The largest absolute Gasteiger partial charge is 0.437 e. The molecule has 1 aromatic carbocycles. The first-order valence-corrected chi connectivity index (χ1v) is 13.4. The first-order valence-electron chi connectivity index (χ1n) is 11.6. The van der Waals surface area contributed by atoms with Gasteiger partial charge in [-0.05, 0) is 56.6 Å². The SMILES string of the molecule is CNC(=O)c1c(-c2ccc(C)cc2)oc2nc(N(CCCCCO)S(C)(=O)=O)c(C3CC3)cc12. The van der Waals surface area contributed by atoms with Gasteiger partial charge in [-0.15, -0.1) is 0 Å². The van der Waals surface area contributed by atoms with Crippen molar-refractivity contribution in [1.82, 2.24) is 10.3 Å². The summed E-state index contributed by atoms with van der Waals surface area (Å²) >= 11 is 0. The lowest BCUT2D eigenvalue weighted by Crippen LogP contribution is -2.32. The number of aliphatic hydroxyl groups excluding tert-OH is 1. The molecule has 0 aliphatic heterocycles. The number of sulfonamides is 1. The van der Waals surface area contributed by atoms with E-state index < -0.39 is 10.0 Å². The third-order valence-corrected chi connectivity index (χ3v) is 7.29. The average molecular weight is 486 g/mol. The summed E-state index contributed by atoms with van der Waals surface area (Å²) in [5.41, 5.74) is 3.29. The number of hydrogen-bond donors (Lipinski definition) is 2. The number of aliphatic hydroxyl groups is 1. The van der Waals surface area contributed by atoms with E-state index >= 15 is 0 Å². The molecule has 1 saturated carbocycles. The number of aryl methyl sites for hydroxylation is 1. The number of nitrogens with zero attached hydrogens (tertiary/aromatic N) is 2. The molecule has 2 heterocycles. The highest BCUT2D eigenvalue weighted by Crippen LogP contribution is 2.46. The Morgan fingerprint density at radius 1 is 1.21 bits per heavy atom. The number of aromatic nitrogens is 1. The van der Waals surface area contributed by atoms with E-state index in [-0.39, 0.29) is 30.7 Å². The maximum atomic E-state index is 12.9. The van der Waals surface area contributed by atoms with Gasteiger partial charge in [0.05, 0.1) is 17.2 Å². The van der Waals surface area contributed by atoms with Crippen molar-refractivity contribution in [3.63, 3.8) is 0 Å². The van der Waals surface area contributed by atoms with E-state index in [4.69, 9.17) is 14.5 Å². The van der Waals surface area contributed by atoms with Crippen LogP contribution in [0.15, 0.2) is 34.7 Å². The van der Waals surface area contributed by atoms with Gasteiger partial charge in [-0.3, -0.25) is 9.10 Å². The molecule has 0 bridgehead atoms. The summed E-state index contributed by atoms with van der Waals surface area (Å²) in [7, 11) is -2.03. The maximum Gasteiger partial charge on any atom is 0.255 e. The summed E-state index contributed by atoms with van der Waals surface area (Å²) in [5, 5.41) is 12.3. The highest BCUT2D eigenvalue weighted by atomic mass is 32.2. The van der Waals surface area contributed by atoms with Crippen molar-refractivity contribution in [2.75, 3.05) is 30.8 Å². The number of nitrogens with one attached hydrogen (secondary N) is 1. The average Bonchev–Trinajstić information content (AvgIpc) is 3.58. The zero-order chi connectivity index (χ0) is 24.5. The van der Waals surface area contributed by atoms with Crippen LogP contribution in [-0.2, 0) is 10.0 Å². The Bertz CT molecular complexity index is 1290. The van der Waals surface area contributed by atoms with Crippen LogP contribution in [0.1, 0.15) is 59.5 Å². The van der Waals surface area contributed by atoms with E-state index in [1.807, 2.05) is 37.3 Å². The Kier molecular flexibility index (Phi) is 6.95. The van der Waals surface area contributed by atoms with Crippen LogP contribution in [0.3, 0.4) is 0 Å². The molecule has 0 atom stereocenters. The number of amides is 1. The molecule has 2 aromatic heterocycles. The van der Waals surface area contributed by atoms with Gasteiger partial charge >= 0.3 is 0 Å². The predicted molar refractivity (Wildman–Crippen MR) is 133 cm³/mol. The van der Waals surface area contributed by atoms with E-state index in [1.54, 1.807) is 7.05 Å². The number of hydrogen-bond acceptors (Lipinski definition) is 6. The van der Waals surface area contributed by atoms with Gasteiger partial charge in [0, 0.05) is 25.8 Å². The highest BCUT2D eigenvalue weighted by Gasteiger charge is 2.34. The topological polar surface area (TPSA) is 113 Å². The van der Waals surface area contributed by atoms with Gasteiger partial charge in [0.15, 0.2) is 0 Å². The summed E-state index contributed by atoms with van der Waals surface area (Å²) < 4.78 is 33.0. The number of carbonyl (C=O) groups excluding carboxylic acids is 1. The standard InChI is InChI=1S/C25H31N3O5S/c1-16-7-9-18(10-8-16)22-21(24(30)26-2)20-15-19(17-11-12-17)23(27-25(20)33-22)28(34(3,31)32)13-5-4-6-14-29/h7-10,15,17,29H,4-6,11-14H2,1-3H3,(H,26,30). The van der Waals surface area contributed by atoms with Crippen molar-refractivity contribution < 1.29 is 22.7 Å². The molecule has 2 N–H and O–H groups in total. The fraction of sp³-hybridized carbons (Fsp3) is 0.440. The molecule has 0 spiro atoms. The van der Waals surface area contributed by atoms with E-state index in [9.17, 15) is 13.2 Å². The number of pyridine rings is 1. The molecule has 0 radical (unpaired) electrons. The number of benzene rings is 1. The third kappa shape index (κ3) is 4.95. The van der Waals surface area contributed by atoms with Crippen LogP contribution in [0, 0.1) is 6.92 Å². The lowest BCUT2D eigenvalue weighted by Gasteiger charge is -2.23. The van der Waals surface area contributed by atoms with Crippen molar-refractivity contribution >= 4 is 32.8 Å². The molecule has 1 aliphatic rings. The molecule has 8 nitrogen and oxygen atoms in total. The van der Waals surface area contributed by atoms with Crippen LogP contribution >= 0.6 is 0 Å². The number of unbranched alkanes of at least 4 members (excludes halogenated alkanes) is 2. The number of rotatable bonds is 10. The molecule has 182 valence electrons. The van der Waals surface area contributed by atoms with Crippen molar-refractivity contribution in [3.8, 4) is 11.3 Å². The van der Waals surface area contributed by atoms with Crippen molar-refractivity contribution in [1.29, 1.82) is 0 Å². The fourth-order valence-electron chi connectivity index (χ4n) is 4.16. The molecule has 9 heteroatoms. The van der Waals surface area contributed by atoms with Gasteiger partial charge in [-0.2, -0.15) is 4.98 Å². The predicted octanol–water partition coefficient (Wildman–Crippen LogP) is 3.97. The van der Waals surface area contributed by atoms with Crippen molar-refractivity contribution in [2.45, 2.75) is 44.9 Å². The van der Waals surface area contributed by atoms with Gasteiger partial charge in [-0.1, -0.05) is 29.8 Å². The van der Waals surface area contributed by atoms with E-state index in [2.05, 4.69) is 5.32 Å². The van der Waals surface area contributed by atoms with E-state index in [1.165, 1.54) is 10.6 Å². The van der Waals surface area contributed by atoms with E-state index in [0.29, 0.717) is 41.8 Å². The lowest BCUT2D eigenvalue weighted by molar-refractivity contribution is 0.0964. The van der Waals surface area contributed by atoms with Gasteiger partial charge in [-0.25, -0.2) is 8.42 Å². The summed E-state index contributed by atoms with van der Waals surface area (Å²) in [5.74, 6) is 0.696. The molecule has 4 rings (SSSR count).